The molecule has 0 aliphatic heterocycles. The van der Waals surface area contributed by atoms with E-state index in [1.54, 1.807) is 6.07 Å². The number of hydrogen-bond donors (Lipinski definition) is 0. The predicted octanol–water partition coefficient (Wildman–Crippen LogP) is 3.93. The van der Waals surface area contributed by atoms with Crippen molar-refractivity contribution < 1.29 is 13.9 Å². The SMILES string of the molecule is CC(=O)c1cc(OCCCF)cc(C(C)(C)C)c1. The average Bonchev–Trinajstić information content (AvgIpc) is 2.28. The molecule has 0 bridgehead atoms. The van der Waals surface area contributed by atoms with E-state index >= 15 is 0 Å². The molecule has 0 amide bonds. The standard InChI is InChI=1S/C15H21FO2/c1-11(17)12-8-13(15(2,3)4)10-14(9-12)18-7-5-6-16/h8-10H,5-7H2,1-4H3. The van der Waals surface area contributed by atoms with Crippen LogP contribution in [0.5, 0.6) is 5.75 Å². The summed E-state index contributed by atoms with van der Waals surface area (Å²) in [5.41, 5.74) is 1.63. The first-order valence-corrected chi connectivity index (χ1v) is 6.20. The molecule has 0 aliphatic carbocycles. The van der Waals surface area contributed by atoms with Gasteiger partial charge in [0.1, 0.15) is 5.75 Å². The highest BCUT2D eigenvalue weighted by molar-refractivity contribution is 5.94. The fourth-order valence-corrected chi connectivity index (χ4v) is 1.56. The van der Waals surface area contributed by atoms with Gasteiger partial charge in [0.05, 0.1) is 13.3 Å². The average molecular weight is 252 g/mol. The zero-order valence-electron chi connectivity index (χ0n) is 11.5. The van der Waals surface area contributed by atoms with Gasteiger partial charge < -0.3 is 4.74 Å². The Bertz CT molecular complexity index is 419. The summed E-state index contributed by atoms with van der Waals surface area (Å²) in [5.74, 6) is 0.650. The Morgan fingerprint density at radius 2 is 1.94 bits per heavy atom. The third kappa shape index (κ3) is 4.13. The van der Waals surface area contributed by atoms with Crippen LogP contribution in [0, 0.1) is 0 Å². The van der Waals surface area contributed by atoms with Crippen molar-refractivity contribution in [1.82, 2.24) is 0 Å². The molecule has 0 radical (unpaired) electrons. The summed E-state index contributed by atoms with van der Waals surface area (Å²) in [5, 5.41) is 0. The van der Waals surface area contributed by atoms with E-state index < -0.39 is 6.67 Å². The molecule has 1 aromatic rings. The Morgan fingerprint density at radius 1 is 1.28 bits per heavy atom. The highest BCUT2D eigenvalue weighted by atomic mass is 19.1. The third-order valence-corrected chi connectivity index (χ3v) is 2.73. The van der Waals surface area contributed by atoms with E-state index in [0.717, 1.165) is 5.56 Å². The maximum Gasteiger partial charge on any atom is 0.159 e. The van der Waals surface area contributed by atoms with Crippen molar-refractivity contribution in [1.29, 1.82) is 0 Å². The Morgan fingerprint density at radius 3 is 2.44 bits per heavy atom. The smallest absolute Gasteiger partial charge is 0.159 e. The number of benzene rings is 1. The lowest BCUT2D eigenvalue weighted by Gasteiger charge is -2.21. The van der Waals surface area contributed by atoms with Gasteiger partial charge in [0.15, 0.2) is 5.78 Å². The first kappa shape index (κ1) is 14.7. The predicted molar refractivity (Wildman–Crippen MR) is 71.2 cm³/mol. The number of halogens is 1. The third-order valence-electron chi connectivity index (χ3n) is 2.73. The lowest BCUT2D eigenvalue weighted by atomic mass is 9.85. The van der Waals surface area contributed by atoms with Gasteiger partial charge in [-0.2, -0.15) is 0 Å². The van der Waals surface area contributed by atoms with E-state index in [0.29, 0.717) is 24.3 Å². The number of carbonyl (C=O) groups is 1. The first-order valence-electron chi connectivity index (χ1n) is 6.20. The highest BCUT2D eigenvalue weighted by Gasteiger charge is 2.16. The zero-order chi connectivity index (χ0) is 13.8. The van der Waals surface area contributed by atoms with Crippen molar-refractivity contribution in [3.63, 3.8) is 0 Å². The second kappa shape index (κ2) is 5.98. The first-order chi connectivity index (χ1) is 8.34. The van der Waals surface area contributed by atoms with E-state index in [1.807, 2.05) is 12.1 Å². The monoisotopic (exact) mass is 252 g/mol. The van der Waals surface area contributed by atoms with Crippen LogP contribution >= 0.6 is 0 Å². The summed E-state index contributed by atoms with van der Waals surface area (Å²) in [6.07, 6.45) is 0.370. The second-order valence-electron chi connectivity index (χ2n) is 5.44. The van der Waals surface area contributed by atoms with Crippen molar-refractivity contribution in [2.24, 2.45) is 0 Å². The van der Waals surface area contributed by atoms with Crippen LogP contribution in [0.4, 0.5) is 4.39 Å². The lowest BCUT2D eigenvalue weighted by Crippen LogP contribution is -2.13. The van der Waals surface area contributed by atoms with Gasteiger partial charge in [-0.05, 0) is 36.1 Å². The molecular weight excluding hydrogens is 231 g/mol. The van der Waals surface area contributed by atoms with E-state index in [-0.39, 0.29) is 11.2 Å². The maximum absolute atomic E-state index is 12.0. The molecule has 18 heavy (non-hydrogen) atoms. The van der Waals surface area contributed by atoms with Crippen molar-refractivity contribution in [2.45, 2.75) is 39.5 Å². The summed E-state index contributed by atoms with van der Waals surface area (Å²) < 4.78 is 17.5. The molecule has 0 N–H and O–H groups in total. The van der Waals surface area contributed by atoms with Crippen LogP contribution in [0.15, 0.2) is 18.2 Å². The number of carbonyl (C=O) groups excluding carboxylic acids is 1. The topological polar surface area (TPSA) is 26.3 Å². The zero-order valence-corrected chi connectivity index (χ0v) is 11.5. The minimum atomic E-state index is -0.390. The molecule has 3 heteroatoms. The molecule has 0 atom stereocenters. The van der Waals surface area contributed by atoms with E-state index in [9.17, 15) is 9.18 Å². The van der Waals surface area contributed by atoms with Gasteiger partial charge in [-0.1, -0.05) is 20.8 Å². The molecule has 1 rings (SSSR count). The maximum atomic E-state index is 12.0. The molecule has 100 valence electrons. The number of alkyl halides is 1. The Hall–Kier alpha value is -1.38. The Labute approximate surface area is 108 Å². The van der Waals surface area contributed by atoms with E-state index in [2.05, 4.69) is 20.8 Å². The quantitative estimate of drug-likeness (QED) is 0.586. The summed E-state index contributed by atoms with van der Waals surface area (Å²) in [4.78, 5) is 11.5. The Balaban J connectivity index is 3.03. The number of Topliss-reactive ketones (excluding diaryl/α,β-unsaturated/α-hetero) is 1. The fraction of sp³-hybridized carbons (Fsp3) is 0.533. The van der Waals surface area contributed by atoms with Gasteiger partial charge in [-0.25, -0.2) is 0 Å². The number of ether oxygens (including phenoxy) is 1. The van der Waals surface area contributed by atoms with Gasteiger partial charge in [-0.15, -0.1) is 0 Å². The highest BCUT2D eigenvalue weighted by Crippen LogP contribution is 2.28. The number of rotatable bonds is 5. The summed E-state index contributed by atoms with van der Waals surface area (Å²) in [6, 6.07) is 5.53. The minimum absolute atomic E-state index is 0.0106. The van der Waals surface area contributed by atoms with E-state index in [1.165, 1.54) is 6.92 Å². The molecular formula is C15H21FO2. The van der Waals surface area contributed by atoms with Crippen LogP contribution < -0.4 is 4.74 Å². The fourth-order valence-electron chi connectivity index (χ4n) is 1.56. The molecule has 0 saturated heterocycles. The minimum Gasteiger partial charge on any atom is -0.493 e. The number of hydrogen-bond acceptors (Lipinski definition) is 2. The molecule has 0 saturated carbocycles. The van der Waals surface area contributed by atoms with Gasteiger partial charge >= 0.3 is 0 Å². The molecule has 0 spiro atoms. The largest absolute Gasteiger partial charge is 0.493 e. The van der Waals surface area contributed by atoms with Crippen LogP contribution in [-0.4, -0.2) is 19.1 Å². The van der Waals surface area contributed by atoms with Crippen LogP contribution in [0.2, 0.25) is 0 Å². The second-order valence-corrected chi connectivity index (χ2v) is 5.44. The molecule has 0 unspecified atom stereocenters. The molecule has 0 heterocycles. The summed E-state index contributed by atoms with van der Waals surface area (Å²) in [7, 11) is 0. The lowest BCUT2D eigenvalue weighted by molar-refractivity contribution is 0.101. The molecule has 0 fully saturated rings. The summed E-state index contributed by atoms with van der Waals surface area (Å²) in [6.45, 7) is 7.72. The Kier molecular flexibility index (Phi) is 4.88. The van der Waals surface area contributed by atoms with Gasteiger partial charge in [0.2, 0.25) is 0 Å². The van der Waals surface area contributed by atoms with Crippen molar-refractivity contribution in [3.05, 3.63) is 29.3 Å². The molecule has 0 aliphatic rings. The van der Waals surface area contributed by atoms with Crippen LogP contribution in [0.1, 0.15) is 50.0 Å². The summed E-state index contributed by atoms with van der Waals surface area (Å²) >= 11 is 0. The van der Waals surface area contributed by atoms with E-state index in [4.69, 9.17) is 4.74 Å². The molecule has 2 nitrogen and oxygen atoms in total. The normalized spacial score (nSPS) is 11.4. The number of ketones is 1. The van der Waals surface area contributed by atoms with Gasteiger partial charge in [0, 0.05) is 12.0 Å². The van der Waals surface area contributed by atoms with Crippen LogP contribution in [0.25, 0.3) is 0 Å². The van der Waals surface area contributed by atoms with Crippen LogP contribution in [0.3, 0.4) is 0 Å². The molecule has 0 aromatic heterocycles. The van der Waals surface area contributed by atoms with Gasteiger partial charge in [-0.3, -0.25) is 9.18 Å². The van der Waals surface area contributed by atoms with Crippen molar-refractivity contribution in [3.8, 4) is 5.75 Å². The van der Waals surface area contributed by atoms with Crippen molar-refractivity contribution >= 4 is 5.78 Å². The molecule has 1 aromatic carbocycles. The van der Waals surface area contributed by atoms with Crippen LogP contribution in [-0.2, 0) is 5.41 Å². The van der Waals surface area contributed by atoms with Crippen molar-refractivity contribution in [2.75, 3.05) is 13.3 Å². The van der Waals surface area contributed by atoms with Gasteiger partial charge in [0.25, 0.3) is 0 Å².